The van der Waals surface area contributed by atoms with Crippen LogP contribution in [0.1, 0.15) is 10.4 Å². The lowest BCUT2D eigenvalue weighted by Gasteiger charge is -2.18. The molecule has 17 heavy (non-hydrogen) atoms. The fourth-order valence-electron chi connectivity index (χ4n) is 1.26. The predicted molar refractivity (Wildman–Crippen MR) is 68.6 cm³/mol. The summed E-state index contributed by atoms with van der Waals surface area (Å²) in [4.78, 5) is 16.0. The van der Waals surface area contributed by atoms with Crippen LogP contribution < -0.4 is 0 Å². The highest BCUT2D eigenvalue weighted by Crippen LogP contribution is 2.34. The van der Waals surface area contributed by atoms with E-state index in [1.165, 1.54) is 17.3 Å². The maximum atomic E-state index is 12.2. The second-order valence-corrected chi connectivity index (χ2v) is 5.75. The van der Waals surface area contributed by atoms with Gasteiger partial charge >= 0.3 is 0 Å². The van der Waals surface area contributed by atoms with Crippen molar-refractivity contribution in [1.29, 1.82) is 0 Å². The summed E-state index contributed by atoms with van der Waals surface area (Å²) in [5.41, 5.74) is 0.316. The van der Waals surface area contributed by atoms with Gasteiger partial charge in [-0.3, -0.25) is 4.79 Å². The van der Waals surface area contributed by atoms with Gasteiger partial charge in [-0.2, -0.15) is 5.10 Å². The van der Waals surface area contributed by atoms with Crippen molar-refractivity contribution in [2.75, 3.05) is 0 Å². The zero-order valence-corrected chi connectivity index (χ0v) is 11.4. The number of nitrogens with zero attached hydrogens (tertiary/aromatic N) is 3. The van der Waals surface area contributed by atoms with Crippen molar-refractivity contribution in [3.05, 3.63) is 47.5 Å². The third-order valence-electron chi connectivity index (χ3n) is 2.10. The molecule has 0 aliphatic rings. The SMILES string of the molecule is O=C(c1ccccc1Cl)C(Cl)(Br)n1cncn1. The zero-order chi connectivity index (χ0) is 12.5. The Labute approximate surface area is 116 Å². The van der Waals surface area contributed by atoms with Gasteiger partial charge in [0.05, 0.1) is 5.02 Å². The standard InChI is InChI=1S/C10H6BrCl2N3O/c11-10(13,16-6-14-5-15-16)9(17)7-3-1-2-4-8(7)12/h1-6H. The summed E-state index contributed by atoms with van der Waals surface area (Å²) in [7, 11) is 0. The summed E-state index contributed by atoms with van der Waals surface area (Å²) in [6, 6.07) is 6.66. The quantitative estimate of drug-likeness (QED) is 0.640. The van der Waals surface area contributed by atoms with Gasteiger partial charge in [0.1, 0.15) is 12.7 Å². The number of halogens is 3. The topological polar surface area (TPSA) is 47.8 Å². The van der Waals surface area contributed by atoms with Gasteiger partial charge < -0.3 is 0 Å². The molecule has 0 aliphatic carbocycles. The number of hydrogen-bond donors (Lipinski definition) is 0. The van der Waals surface area contributed by atoms with Crippen LogP contribution in [0.2, 0.25) is 5.02 Å². The highest BCUT2D eigenvalue weighted by atomic mass is 79.9. The largest absolute Gasteiger partial charge is 0.289 e. The number of carbonyl (C=O) groups excluding carboxylic acids is 1. The minimum absolute atomic E-state index is 0.316. The minimum atomic E-state index is -1.52. The van der Waals surface area contributed by atoms with E-state index in [1.807, 2.05) is 0 Å². The first kappa shape index (κ1) is 12.5. The number of rotatable bonds is 3. The number of alkyl halides is 2. The van der Waals surface area contributed by atoms with E-state index in [2.05, 4.69) is 26.0 Å². The maximum absolute atomic E-state index is 12.2. The fraction of sp³-hybridized carbons (Fsp3) is 0.100. The molecule has 0 aliphatic heterocycles. The first-order valence-corrected chi connectivity index (χ1v) is 6.10. The van der Waals surface area contributed by atoms with Crippen LogP contribution in [0, 0.1) is 0 Å². The van der Waals surface area contributed by atoms with Crippen LogP contribution in [0.15, 0.2) is 36.9 Å². The summed E-state index contributed by atoms with van der Waals surface area (Å²) in [5.74, 6) is -0.407. The molecule has 1 aromatic heterocycles. The van der Waals surface area contributed by atoms with Gasteiger partial charge in [0.15, 0.2) is 0 Å². The Bertz CT molecular complexity index is 542. The minimum Gasteiger partial charge on any atom is -0.289 e. The van der Waals surface area contributed by atoms with Crippen molar-refractivity contribution in [1.82, 2.24) is 14.8 Å². The van der Waals surface area contributed by atoms with E-state index < -0.39 is 9.69 Å². The number of hydrogen-bond acceptors (Lipinski definition) is 3. The smallest absolute Gasteiger partial charge is 0.254 e. The molecule has 0 saturated carbocycles. The number of carbonyl (C=O) groups is 1. The monoisotopic (exact) mass is 333 g/mol. The van der Waals surface area contributed by atoms with Crippen LogP contribution in [0.3, 0.4) is 0 Å². The van der Waals surface area contributed by atoms with Crippen molar-refractivity contribution in [3.63, 3.8) is 0 Å². The first-order valence-electron chi connectivity index (χ1n) is 4.55. The number of aromatic nitrogens is 3. The molecule has 0 saturated heterocycles. The lowest BCUT2D eigenvalue weighted by molar-refractivity contribution is 0.0945. The maximum Gasteiger partial charge on any atom is 0.254 e. The van der Waals surface area contributed by atoms with Crippen LogP contribution in [0.4, 0.5) is 0 Å². The van der Waals surface area contributed by atoms with Crippen LogP contribution in [-0.2, 0) is 3.91 Å². The molecule has 0 bridgehead atoms. The molecule has 1 atom stereocenters. The third-order valence-corrected chi connectivity index (χ3v) is 3.50. The second-order valence-electron chi connectivity index (χ2n) is 3.19. The Balaban J connectivity index is 2.42. The van der Waals surface area contributed by atoms with Gasteiger partial charge in [-0.15, -0.1) is 0 Å². The number of ketones is 1. The van der Waals surface area contributed by atoms with Gasteiger partial charge in [0.25, 0.3) is 3.91 Å². The molecule has 1 heterocycles. The average molecular weight is 335 g/mol. The highest BCUT2D eigenvalue weighted by Gasteiger charge is 2.37. The van der Waals surface area contributed by atoms with Crippen LogP contribution in [0.25, 0.3) is 0 Å². The summed E-state index contributed by atoms with van der Waals surface area (Å²) < 4.78 is -0.311. The zero-order valence-electron chi connectivity index (χ0n) is 8.35. The van der Waals surface area contributed by atoms with Crippen LogP contribution in [-0.4, -0.2) is 20.5 Å². The molecule has 0 spiro atoms. The molecule has 0 amide bonds. The molecule has 1 unspecified atom stereocenters. The first-order chi connectivity index (χ1) is 8.03. The normalized spacial score (nSPS) is 14.3. The Kier molecular flexibility index (Phi) is 3.51. The molecule has 88 valence electrons. The Morgan fingerprint density at radius 1 is 1.41 bits per heavy atom. The lowest BCUT2D eigenvalue weighted by Crippen LogP contribution is -2.31. The predicted octanol–water partition coefficient (Wildman–Crippen LogP) is 3.06. The Morgan fingerprint density at radius 2 is 2.12 bits per heavy atom. The van der Waals surface area contributed by atoms with Crippen molar-refractivity contribution < 1.29 is 4.79 Å². The van der Waals surface area contributed by atoms with Gasteiger partial charge in [-0.1, -0.05) is 35.3 Å². The van der Waals surface area contributed by atoms with Crippen molar-refractivity contribution in [2.24, 2.45) is 0 Å². The van der Waals surface area contributed by atoms with E-state index in [-0.39, 0.29) is 0 Å². The second kappa shape index (κ2) is 4.76. The van der Waals surface area contributed by atoms with Gasteiger partial charge in [0.2, 0.25) is 5.78 Å². The molecule has 2 aromatic rings. The highest BCUT2D eigenvalue weighted by molar-refractivity contribution is 9.10. The summed E-state index contributed by atoms with van der Waals surface area (Å²) in [6.45, 7) is 0. The van der Waals surface area contributed by atoms with Crippen molar-refractivity contribution in [3.8, 4) is 0 Å². The number of Topliss-reactive ketones (excluding diaryl/α,β-unsaturated/α-hetero) is 1. The Morgan fingerprint density at radius 3 is 2.71 bits per heavy atom. The van der Waals surface area contributed by atoms with E-state index in [1.54, 1.807) is 24.3 Å². The van der Waals surface area contributed by atoms with Gasteiger partial charge in [-0.25, -0.2) is 9.67 Å². The van der Waals surface area contributed by atoms with Crippen molar-refractivity contribution in [2.45, 2.75) is 3.91 Å². The van der Waals surface area contributed by atoms with Gasteiger partial charge in [0, 0.05) is 5.56 Å². The summed E-state index contributed by atoms with van der Waals surface area (Å²) in [6.07, 6.45) is 2.63. The van der Waals surface area contributed by atoms with E-state index in [4.69, 9.17) is 23.2 Å². The number of benzene rings is 1. The lowest BCUT2D eigenvalue weighted by atomic mass is 10.1. The molecule has 2 rings (SSSR count). The van der Waals surface area contributed by atoms with Crippen molar-refractivity contribution >= 4 is 44.9 Å². The van der Waals surface area contributed by atoms with E-state index in [0.717, 1.165) is 0 Å². The molecular weight excluding hydrogens is 329 g/mol. The molecule has 7 heteroatoms. The Hall–Kier alpha value is -0.910. The summed E-state index contributed by atoms with van der Waals surface area (Å²) in [5, 5.41) is 4.16. The van der Waals surface area contributed by atoms with E-state index in [9.17, 15) is 4.79 Å². The van der Waals surface area contributed by atoms with Crippen LogP contribution >= 0.6 is 39.1 Å². The average Bonchev–Trinajstić information content (AvgIpc) is 2.83. The third kappa shape index (κ3) is 2.36. The molecule has 4 nitrogen and oxygen atoms in total. The fourth-order valence-corrected chi connectivity index (χ4v) is 2.07. The molecule has 1 aromatic carbocycles. The molecule has 0 radical (unpaired) electrons. The van der Waals surface area contributed by atoms with E-state index in [0.29, 0.717) is 10.6 Å². The molecule has 0 N–H and O–H groups in total. The van der Waals surface area contributed by atoms with Gasteiger partial charge in [-0.05, 0) is 28.1 Å². The van der Waals surface area contributed by atoms with Crippen LogP contribution in [0.5, 0.6) is 0 Å². The molecule has 0 fully saturated rings. The summed E-state index contributed by atoms with van der Waals surface area (Å²) >= 11 is 15.2. The molecular formula is C10H6BrCl2N3O. The van der Waals surface area contributed by atoms with E-state index >= 15 is 0 Å².